The highest BCUT2D eigenvalue weighted by atomic mass is 16.4. The van der Waals surface area contributed by atoms with Gasteiger partial charge in [-0.3, -0.25) is 9.59 Å². The Labute approximate surface area is 95.4 Å². The predicted molar refractivity (Wildman–Crippen MR) is 59.7 cm³/mol. The molecule has 4 N–H and O–H groups in total. The van der Waals surface area contributed by atoms with Crippen LogP contribution in [0.1, 0.15) is 32.6 Å². The van der Waals surface area contributed by atoms with E-state index in [0.29, 0.717) is 6.42 Å². The van der Waals surface area contributed by atoms with Crippen LogP contribution in [-0.4, -0.2) is 29.6 Å². The van der Waals surface area contributed by atoms with Crippen LogP contribution in [0.15, 0.2) is 0 Å². The van der Waals surface area contributed by atoms with Crippen LogP contribution in [0.3, 0.4) is 0 Å². The number of carboxylic acid groups (broad SMARTS) is 1. The Morgan fingerprint density at radius 1 is 1.44 bits per heavy atom. The van der Waals surface area contributed by atoms with E-state index in [1.54, 1.807) is 6.92 Å². The lowest BCUT2D eigenvalue weighted by atomic mass is 9.84. The molecule has 1 rings (SSSR count). The van der Waals surface area contributed by atoms with Gasteiger partial charge in [0.1, 0.15) is 0 Å². The van der Waals surface area contributed by atoms with Crippen molar-refractivity contribution in [1.29, 1.82) is 0 Å². The van der Waals surface area contributed by atoms with Gasteiger partial charge < -0.3 is 16.2 Å². The lowest BCUT2D eigenvalue weighted by Gasteiger charge is -2.30. The van der Waals surface area contributed by atoms with Gasteiger partial charge in [0.05, 0.1) is 5.92 Å². The van der Waals surface area contributed by atoms with Crippen molar-refractivity contribution in [3.63, 3.8) is 0 Å². The molecule has 1 fully saturated rings. The Morgan fingerprint density at radius 2 is 2.06 bits per heavy atom. The minimum Gasteiger partial charge on any atom is -0.481 e. The number of hydrogen-bond acceptors (Lipinski definition) is 3. The highest BCUT2D eigenvalue weighted by Gasteiger charge is 2.32. The van der Waals surface area contributed by atoms with Crippen molar-refractivity contribution in [2.24, 2.45) is 17.6 Å². The first-order valence-electron chi connectivity index (χ1n) is 5.79. The van der Waals surface area contributed by atoms with Gasteiger partial charge in [0, 0.05) is 18.5 Å². The van der Waals surface area contributed by atoms with Crippen molar-refractivity contribution in [1.82, 2.24) is 5.32 Å². The fraction of sp³-hybridized carbons (Fsp3) is 0.818. The van der Waals surface area contributed by atoms with Crippen LogP contribution in [0.25, 0.3) is 0 Å². The molecule has 0 aromatic rings. The summed E-state index contributed by atoms with van der Waals surface area (Å²) >= 11 is 0. The van der Waals surface area contributed by atoms with Gasteiger partial charge in [-0.15, -0.1) is 0 Å². The normalized spacial score (nSPS) is 27.1. The zero-order valence-electron chi connectivity index (χ0n) is 9.61. The molecule has 0 bridgehead atoms. The highest BCUT2D eigenvalue weighted by molar-refractivity contribution is 5.80. The van der Waals surface area contributed by atoms with Gasteiger partial charge in [0.25, 0.3) is 0 Å². The SMILES string of the molecule is CC(CN)C(=O)NC1CCCCC1C(=O)O. The van der Waals surface area contributed by atoms with E-state index in [9.17, 15) is 9.59 Å². The summed E-state index contributed by atoms with van der Waals surface area (Å²) in [5, 5.41) is 11.8. The molecule has 0 heterocycles. The van der Waals surface area contributed by atoms with Gasteiger partial charge in [0.2, 0.25) is 5.91 Å². The second kappa shape index (κ2) is 5.84. The third-order valence-corrected chi connectivity index (χ3v) is 3.21. The van der Waals surface area contributed by atoms with E-state index in [1.807, 2.05) is 0 Å². The van der Waals surface area contributed by atoms with E-state index >= 15 is 0 Å². The molecule has 1 aliphatic carbocycles. The minimum absolute atomic E-state index is 0.138. The number of nitrogens with two attached hydrogens (primary N) is 1. The van der Waals surface area contributed by atoms with Crippen LogP contribution in [0.5, 0.6) is 0 Å². The molecule has 1 saturated carbocycles. The van der Waals surface area contributed by atoms with Crippen molar-refractivity contribution >= 4 is 11.9 Å². The third-order valence-electron chi connectivity index (χ3n) is 3.21. The summed E-state index contributed by atoms with van der Waals surface area (Å²) in [6.45, 7) is 2.03. The van der Waals surface area contributed by atoms with E-state index in [0.717, 1.165) is 19.3 Å². The van der Waals surface area contributed by atoms with Gasteiger partial charge in [-0.2, -0.15) is 0 Å². The largest absolute Gasteiger partial charge is 0.481 e. The van der Waals surface area contributed by atoms with Gasteiger partial charge >= 0.3 is 5.97 Å². The molecule has 0 aliphatic heterocycles. The molecule has 3 unspecified atom stereocenters. The average Bonchev–Trinajstić information content (AvgIpc) is 2.28. The monoisotopic (exact) mass is 228 g/mol. The number of aliphatic carboxylic acids is 1. The Kier molecular flexibility index (Phi) is 4.73. The number of nitrogens with one attached hydrogen (secondary N) is 1. The number of hydrogen-bond donors (Lipinski definition) is 3. The summed E-state index contributed by atoms with van der Waals surface area (Å²) in [7, 11) is 0. The summed E-state index contributed by atoms with van der Waals surface area (Å²) in [5.74, 6) is -1.65. The lowest BCUT2D eigenvalue weighted by molar-refractivity contribution is -0.144. The van der Waals surface area contributed by atoms with Crippen LogP contribution < -0.4 is 11.1 Å². The third kappa shape index (κ3) is 3.20. The standard InChI is InChI=1S/C11H20N2O3/c1-7(6-12)10(14)13-9-5-3-2-4-8(9)11(15)16/h7-9H,2-6,12H2,1H3,(H,13,14)(H,15,16). The van der Waals surface area contributed by atoms with Crippen LogP contribution in [0, 0.1) is 11.8 Å². The number of carboxylic acids is 1. The molecule has 1 aliphatic rings. The molecule has 5 heteroatoms. The molecule has 0 aromatic carbocycles. The quantitative estimate of drug-likeness (QED) is 0.647. The van der Waals surface area contributed by atoms with E-state index in [-0.39, 0.29) is 24.4 Å². The van der Waals surface area contributed by atoms with Crippen molar-refractivity contribution in [3.05, 3.63) is 0 Å². The molecule has 0 spiro atoms. The molecule has 92 valence electrons. The van der Waals surface area contributed by atoms with E-state index in [1.165, 1.54) is 0 Å². The van der Waals surface area contributed by atoms with E-state index in [2.05, 4.69) is 5.32 Å². The van der Waals surface area contributed by atoms with Crippen LogP contribution in [0.4, 0.5) is 0 Å². The second-order valence-corrected chi connectivity index (χ2v) is 4.48. The number of carbonyl (C=O) groups excluding carboxylic acids is 1. The predicted octanol–water partition coefficient (Wildman–Crippen LogP) is 0.341. The molecule has 16 heavy (non-hydrogen) atoms. The molecule has 3 atom stereocenters. The van der Waals surface area contributed by atoms with E-state index < -0.39 is 11.9 Å². The topological polar surface area (TPSA) is 92.4 Å². The first kappa shape index (κ1) is 13.0. The Morgan fingerprint density at radius 3 is 2.62 bits per heavy atom. The van der Waals surface area contributed by atoms with Crippen molar-refractivity contribution in [2.75, 3.05) is 6.54 Å². The first-order chi connectivity index (χ1) is 7.56. The zero-order valence-corrected chi connectivity index (χ0v) is 9.61. The maximum Gasteiger partial charge on any atom is 0.308 e. The Hall–Kier alpha value is -1.10. The smallest absolute Gasteiger partial charge is 0.308 e. The Bertz CT molecular complexity index is 268. The minimum atomic E-state index is -0.814. The summed E-state index contributed by atoms with van der Waals surface area (Å²) in [4.78, 5) is 22.6. The summed E-state index contributed by atoms with van der Waals surface area (Å²) < 4.78 is 0. The molecule has 0 radical (unpaired) electrons. The lowest BCUT2D eigenvalue weighted by Crippen LogP contribution is -2.47. The summed E-state index contributed by atoms with van der Waals surface area (Å²) in [6, 6.07) is -0.229. The van der Waals surface area contributed by atoms with Crippen LogP contribution in [0.2, 0.25) is 0 Å². The van der Waals surface area contributed by atoms with Gasteiger partial charge in [-0.25, -0.2) is 0 Å². The maximum atomic E-state index is 11.6. The van der Waals surface area contributed by atoms with Crippen LogP contribution >= 0.6 is 0 Å². The zero-order chi connectivity index (χ0) is 12.1. The second-order valence-electron chi connectivity index (χ2n) is 4.48. The summed E-state index contributed by atoms with van der Waals surface area (Å²) in [6.07, 6.45) is 3.30. The highest BCUT2D eigenvalue weighted by Crippen LogP contribution is 2.24. The summed E-state index contributed by atoms with van der Waals surface area (Å²) in [5.41, 5.74) is 5.40. The molecule has 0 saturated heterocycles. The molecule has 0 aromatic heterocycles. The van der Waals surface area contributed by atoms with Crippen molar-refractivity contribution in [2.45, 2.75) is 38.6 Å². The van der Waals surface area contributed by atoms with Gasteiger partial charge in [-0.05, 0) is 12.8 Å². The first-order valence-corrected chi connectivity index (χ1v) is 5.79. The maximum absolute atomic E-state index is 11.6. The van der Waals surface area contributed by atoms with Crippen molar-refractivity contribution in [3.8, 4) is 0 Å². The van der Waals surface area contributed by atoms with Crippen molar-refractivity contribution < 1.29 is 14.7 Å². The molecule has 5 nitrogen and oxygen atoms in total. The number of amides is 1. The molecule has 1 amide bonds. The fourth-order valence-corrected chi connectivity index (χ4v) is 2.03. The molecular formula is C11H20N2O3. The van der Waals surface area contributed by atoms with Crippen LogP contribution in [-0.2, 0) is 9.59 Å². The van der Waals surface area contributed by atoms with Gasteiger partial charge in [-0.1, -0.05) is 19.8 Å². The van der Waals surface area contributed by atoms with E-state index in [4.69, 9.17) is 10.8 Å². The molecular weight excluding hydrogens is 208 g/mol. The average molecular weight is 228 g/mol. The number of rotatable bonds is 4. The number of carbonyl (C=O) groups is 2. The Balaban J connectivity index is 2.56. The van der Waals surface area contributed by atoms with Gasteiger partial charge in [0.15, 0.2) is 0 Å². The fourth-order valence-electron chi connectivity index (χ4n) is 2.03.